The van der Waals surface area contributed by atoms with E-state index >= 15 is 0 Å². The van der Waals surface area contributed by atoms with E-state index in [4.69, 9.17) is 10.6 Å². The van der Waals surface area contributed by atoms with Gasteiger partial charge in [-0.2, -0.15) is 0 Å². The number of rotatable bonds is 4. The standard InChI is InChI=1S/C8H16N4O2/c1-8(2,3)12(7(13)14)6-4-5-10-11-9/h9H,4-6H2,1-3H3/p+1. The lowest BCUT2D eigenvalue weighted by atomic mass is 10.1. The van der Waals surface area contributed by atoms with E-state index in [1.165, 1.54) is 4.90 Å². The van der Waals surface area contributed by atoms with Crippen LogP contribution in [-0.2, 0) is 0 Å². The Hall–Kier alpha value is -1.42. The zero-order valence-electron chi connectivity index (χ0n) is 8.82. The summed E-state index contributed by atoms with van der Waals surface area (Å²) in [5.74, 6) is 0. The van der Waals surface area contributed by atoms with Crippen LogP contribution in [0.4, 0.5) is 4.79 Å². The number of nitrogens with zero attached hydrogens (tertiary/aromatic N) is 3. The average Bonchev–Trinajstić information content (AvgIpc) is 2.01. The Labute approximate surface area is 83.1 Å². The molecule has 0 spiro atoms. The quantitative estimate of drug-likeness (QED) is 0.411. The van der Waals surface area contributed by atoms with Gasteiger partial charge in [-0.3, -0.25) is 0 Å². The summed E-state index contributed by atoms with van der Waals surface area (Å²) in [7, 11) is 0. The van der Waals surface area contributed by atoms with Crippen molar-refractivity contribution in [2.75, 3.05) is 13.1 Å². The first-order chi connectivity index (χ1) is 6.39. The molecular weight excluding hydrogens is 184 g/mol. The molecule has 6 heteroatoms. The van der Waals surface area contributed by atoms with E-state index in [2.05, 4.69) is 10.0 Å². The molecule has 0 aliphatic rings. The van der Waals surface area contributed by atoms with Crippen LogP contribution in [0.5, 0.6) is 0 Å². The highest BCUT2D eigenvalue weighted by Gasteiger charge is 2.25. The molecular formula is C8H17N4O2+. The summed E-state index contributed by atoms with van der Waals surface area (Å²) < 4.78 is 0. The predicted octanol–water partition coefficient (Wildman–Crippen LogP) is 1.71. The molecule has 80 valence electrons. The summed E-state index contributed by atoms with van der Waals surface area (Å²) in [6.45, 7) is 6.33. The maximum absolute atomic E-state index is 10.8. The van der Waals surface area contributed by atoms with E-state index in [-0.39, 0.29) is 0 Å². The Balaban J connectivity index is 4.12. The van der Waals surface area contributed by atoms with Crippen LogP contribution in [0.15, 0.2) is 5.11 Å². The fourth-order valence-electron chi connectivity index (χ4n) is 1.07. The topological polar surface area (TPSA) is 90.9 Å². The molecule has 0 fully saturated rings. The maximum Gasteiger partial charge on any atom is 0.407 e. The van der Waals surface area contributed by atoms with Gasteiger partial charge in [0, 0.05) is 12.1 Å². The molecule has 0 bridgehead atoms. The Kier molecular flexibility index (Phi) is 4.80. The highest BCUT2D eigenvalue weighted by atomic mass is 16.4. The number of hydrogen-bond donors (Lipinski definition) is 2. The minimum Gasteiger partial charge on any atom is -0.465 e. The molecule has 0 aromatic carbocycles. The Bertz CT molecular complexity index is 240. The monoisotopic (exact) mass is 201 g/mol. The van der Waals surface area contributed by atoms with Crippen LogP contribution in [0.25, 0.3) is 0 Å². The van der Waals surface area contributed by atoms with Crippen LogP contribution >= 0.6 is 0 Å². The lowest BCUT2D eigenvalue weighted by Crippen LogP contribution is -2.45. The van der Waals surface area contributed by atoms with Crippen LogP contribution in [0, 0.1) is 5.53 Å². The second kappa shape index (κ2) is 5.34. The smallest absolute Gasteiger partial charge is 0.407 e. The lowest BCUT2D eigenvalue weighted by molar-refractivity contribution is 0.0999. The van der Waals surface area contributed by atoms with Gasteiger partial charge in [0.1, 0.15) is 17.2 Å². The zero-order valence-corrected chi connectivity index (χ0v) is 8.82. The van der Waals surface area contributed by atoms with Gasteiger partial charge in [-0.05, 0) is 27.2 Å². The van der Waals surface area contributed by atoms with E-state index in [1.54, 1.807) is 0 Å². The van der Waals surface area contributed by atoms with Crippen molar-refractivity contribution >= 4 is 6.09 Å². The summed E-state index contributed by atoms with van der Waals surface area (Å²) in [6, 6.07) is 0. The molecule has 0 aromatic heterocycles. The third kappa shape index (κ3) is 4.57. The Morgan fingerprint density at radius 1 is 1.57 bits per heavy atom. The molecule has 0 atom stereocenters. The summed E-state index contributed by atoms with van der Waals surface area (Å²) >= 11 is 0. The van der Waals surface area contributed by atoms with Gasteiger partial charge < -0.3 is 10.0 Å². The molecule has 1 amide bonds. The van der Waals surface area contributed by atoms with Crippen molar-refractivity contribution in [2.24, 2.45) is 5.11 Å². The second-order valence-electron chi connectivity index (χ2n) is 3.92. The molecule has 0 aliphatic carbocycles. The molecule has 0 unspecified atom stereocenters. The Morgan fingerprint density at radius 2 is 2.14 bits per heavy atom. The van der Waals surface area contributed by atoms with Crippen LogP contribution in [0.1, 0.15) is 27.2 Å². The fraction of sp³-hybridized carbons (Fsp3) is 0.875. The minimum absolute atomic E-state index is 0.392. The van der Waals surface area contributed by atoms with Crippen LogP contribution in [0.3, 0.4) is 0 Å². The van der Waals surface area contributed by atoms with Crippen molar-refractivity contribution in [1.82, 2.24) is 9.81 Å². The fourth-order valence-corrected chi connectivity index (χ4v) is 1.07. The van der Waals surface area contributed by atoms with Crippen molar-refractivity contribution in [3.8, 4) is 0 Å². The molecule has 0 saturated heterocycles. The summed E-state index contributed by atoms with van der Waals surface area (Å²) in [5.41, 5.74) is 6.03. The molecule has 14 heavy (non-hydrogen) atoms. The number of amides is 1. The molecule has 0 radical (unpaired) electrons. The van der Waals surface area contributed by atoms with Crippen LogP contribution in [-0.4, -0.2) is 34.7 Å². The van der Waals surface area contributed by atoms with E-state index < -0.39 is 11.6 Å². The molecule has 0 rings (SSSR count). The number of hydrogen-bond acceptors (Lipinski definition) is 3. The highest BCUT2D eigenvalue weighted by Crippen LogP contribution is 2.13. The third-order valence-corrected chi connectivity index (χ3v) is 1.75. The SMILES string of the molecule is CC(C)(C)N(CCCN=[N+]=N)C(=O)O. The van der Waals surface area contributed by atoms with Gasteiger partial charge in [-0.1, -0.05) is 0 Å². The maximum atomic E-state index is 10.8. The first-order valence-corrected chi connectivity index (χ1v) is 4.43. The van der Waals surface area contributed by atoms with E-state index in [0.29, 0.717) is 19.5 Å². The van der Waals surface area contributed by atoms with Crippen molar-refractivity contribution in [3.05, 3.63) is 0 Å². The highest BCUT2D eigenvalue weighted by molar-refractivity contribution is 5.65. The van der Waals surface area contributed by atoms with Gasteiger partial charge in [-0.15, -0.1) is 0 Å². The summed E-state index contributed by atoms with van der Waals surface area (Å²) in [4.78, 5) is 15.0. The van der Waals surface area contributed by atoms with Crippen molar-refractivity contribution in [3.63, 3.8) is 0 Å². The van der Waals surface area contributed by atoms with Crippen molar-refractivity contribution in [2.45, 2.75) is 32.7 Å². The second-order valence-corrected chi connectivity index (χ2v) is 3.92. The van der Waals surface area contributed by atoms with Gasteiger partial charge in [0.25, 0.3) is 0 Å². The van der Waals surface area contributed by atoms with Gasteiger partial charge in [0.15, 0.2) is 0 Å². The number of nitrogens with one attached hydrogen (secondary N) is 1. The van der Waals surface area contributed by atoms with Crippen molar-refractivity contribution in [1.29, 1.82) is 5.53 Å². The van der Waals surface area contributed by atoms with Gasteiger partial charge in [-0.25, -0.2) is 4.79 Å². The first-order valence-electron chi connectivity index (χ1n) is 4.43. The minimum atomic E-state index is -0.930. The number of carbonyl (C=O) groups is 1. The van der Waals surface area contributed by atoms with Crippen LogP contribution in [0.2, 0.25) is 0 Å². The first kappa shape index (κ1) is 12.6. The van der Waals surface area contributed by atoms with E-state index in [0.717, 1.165) is 0 Å². The zero-order chi connectivity index (χ0) is 11.2. The van der Waals surface area contributed by atoms with Crippen molar-refractivity contribution < 1.29 is 9.90 Å². The summed E-state index contributed by atoms with van der Waals surface area (Å²) in [6.07, 6.45) is -0.341. The number of carboxylic acid groups (broad SMARTS) is 1. The van der Waals surface area contributed by atoms with Gasteiger partial charge >= 0.3 is 6.09 Å². The summed E-state index contributed by atoms with van der Waals surface area (Å²) in [5, 5.41) is 12.4. The molecule has 0 saturated carbocycles. The molecule has 0 heterocycles. The largest absolute Gasteiger partial charge is 0.465 e. The molecule has 6 nitrogen and oxygen atoms in total. The van der Waals surface area contributed by atoms with Gasteiger partial charge in [0.05, 0.1) is 0 Å². The average molecular weight is 201 g/mol. The lowest BCUT2D eigenvalue weighted by Gasteiger charge is -2.32. The Morgan fingerprint density at radius 3 is 2.50 bits per heavy atom. The van der Waals surface area contributed by atoms with E-state index in [1.807, 2.05) is 20.8 Å². The van der Waals surface area contributed by atoms with Crippen LogP contribution < -0.4 is 4.91 Å². The van der Waals surface area contributed by atoms with E-state index in [9.17, 15) is 4.79 Å². The molecule has 0 aromatic rings. The molecule has 0 aliphatic heterocycles. The third-order valence-electron chi connectivity index (χ3n) is 1.75. The normalized spacial score (nSPS) is 10.5. The van der Waals surface area contributed by atoms with Gasteiger partial charge in [0.2, 0.25) is 4.91 Å². The molecule has 2 N–H and O–H groups in total. The predicted molar refractivity (Wildman–Crippen MR) is 51.2 cm³/mol.